The Bertz CT molecular complexity index is 3110. The Kier molecular flexibility index (Phi) is 6.60. The first-order chi connectivity index (χ1) is 26.8. The number of nitriles is 1. The number of hydrogen-bond acceptors (Lipinski definition) is 2. The van der Waals surface area contributed by atoms with Crippen LogP contribution in [0.25, 0.3) is 55.0 Å². The maximum Gasteiger partial charge on any atom is 0.188 e. The van der Waals surface area contributed by atoms with E-state index in [1.54, 1.807) is 0 Å². The van der Waals surface area contributed by atoms with Crippen molar-refractivity contribution in [2.75, 3.05) is 0 Å². The van der Waals surface area contributed by atoms with Crippen molar-refractivity contribution in [3.8, 4) is 28.9 Å². The zero-order chi connectivity index (χ0) is 35.8. The molecule has 0 fully saturated rings. The minimum Gasteiger partial charge on any atom is -0.457 e. The molecule has 2 aromatic heterocycles. The lowest BCUT2D eigenvalue weighted by Crippen LogP contribution is -2.76. The van der Waals surface area contributed by atoms with Gasteiger partial charge in [-0.1, -0.05) is 127 Å². The second kappa shape index (κ2) is 11.7. The molecule has 3 heterocycles. The first kappa shape index (κ1) is 30.5. The maximum atomic E-state index is 9.71. The van der Waals surface area contributed by atoms with E-state index in [1.165, 1.54) is 20.7 Å². The molecule has 11 rings (SSSR count). The first-order valence-corrected chi connectivity index (χ1v) is 20.2. The van der Waals surface area contributed by atoms with Gasteiger partial charge in [0, 0.05) is 27.5 Å². The second-order valence-corrected chi connectivity index (χ2v) is 17.7. The van der Waals surface area contributed by atoms with Gasteiger partial charge in [0.05, 0.1) is 39.1 Å². The number of rotatable bonds is 4. The average Bonchev–Trinajstić information content (AvgIpc) is 3.76. The number of aromatic nitrogens is 2. The molecule has 0 atom stereocenters. The number of para-hydroxylation sites is 3. The molecule has 0 bridgehead atoms. The van der Waals surface area contributed by atoms with Gasteiger partial charge in [0.1, 0.15) is 11.5 Å². The van der Waals surface area contributed by atoms with E-state index in [4.69, 9.17) is 4.74 Å². The molecule has 1 aliphatic rings. The van der Waals surface area contributed by atoms with Crippen molar-refractivity contribution in [3.63, 3.8) is 0 Å². The molecule has 8 aromatic carbocycles. The van der Waals surface area contributed by atoms with Gasteiger partial charge in [-0.2, -0.15) is 5.26 Å². The van der Waals surface area contributed by atoms with Gasteiger partial charge in [-0.15, -0.1) is 0 Å². The van der Waals surface area contributed by atoms with Crippen LogP contribution >= 0.6 is 0 Å². The van der Waals surface area contributed by atoms with E-state index in [9.17, 15) is 5.26 Å². The van der Waals surface area contributed by atoms with Crippen LogP contribution in [-0.2, 0) is 0 Å². The number of ether oxygens (including phenoxy) is 1. The normalized spacial score (nSPS) is 13.1. The van der Waals surface area contributed by atoms with Crippen molar-refractivity contribution in [2.24, 2.45) is 0 Å². The minimum absolute atomic E-state index is 0.657. The Labute approximate surface area is 313 Å². The Morgan fingerprint density at radius 1 is 0.444 bits per heavy atom. The molecule has 4 nitrogen and oxygen atoms in total. The zero-order valence-corrected chi connectivity index (χ0v) is 30.1. The molecule has 0 saturated heterocycles. The number of fused-ring (bicyclic) bond motifs is 9. The van der Waals surface area contributed by atoms with Gasteiger partial charge in [-0.25, -0.2) is 0 Å². The summed E-state index contributed by atoms with van der Waals surface area (Å²) in [6, 6.07) is 69.6. The van der Waals surface area contributed by atoms with Gasteiger partial charge in [-0.05, 0) is 81.4 Å². The fourth-order valence-corrected chi connectivity index (χ4v) is 14.0. The van der Waals surface area contributed by atoms with Crippen LogP contribution in [0.5, 0.6) is 11.5 Å². The summed E-state index contributed by atoms with van der Waals surface area (Å²) in [6.45, 7) is 0. The summed E-state index contributed by atoms with van der Waals surface area (Å²) in [5, 5.41) is 19.4. The van der Waals surface area contributed by atoms with Gasteiger partial charge in [0.2, 0.25) is 0 Å². The summed E-state index contributed by atoms with van der Waals surface area (Å²) in [7, 11) is -2.81. The van der Waals surface area contributed by atoms with E-state index in [0.717, 1.165) is 66.5 Å². The largest absolute Gasteiger partial charge is 0.457 e. The van der Waals surface area contributed by atoms with E-state index < -0.39 is 8.07 Å². The van der Waals surface area contributed by atoms with E-state index in [2.05, 4.69) is 191 Å². The first-order valence-electron chi connectivity index (χ1n) is 18.2. The molecule has 0 unspecified atom stereocenters. The fraction of sp³-hybridized carbons (Fsp3) is 0. The van der Waals surface area contributed by atoms with Crippen LogP contribution in [0, 0.1) is 11.3 Å². The van der Waals surface area contributed by atoms with E-state index in [1.807, 2.05) is 12.1 Å². The highest BCUT2D eigenvalue weighted by molar-refractivity contribution is 7.20. The fourth-order valence-electron chi connectivity index (χ4n) is 9.09. The van der Waals surface area contributed by atoms with Crippen LogP contribution in [0.15, 0.2) is 188 Å². The maximum absolute atomic E-state index is 9.71. The third-order valence-corrected chi connectivity index (χ3v) is 16.1. The lowest BCUT2D eigenvalue weighted by atomic mass is 10.1. The predicted molar refractivity (Wildman–Crippen MR) is 224 cm³/mol. The lowest BCUT2D eigenvalue weighted by Gasteiger charge is -2.39. The van der Waals surface area contributed by atoms with Crippen LogP contribution in [0.4, 0.5) is 0 Å². The Balaban J connectivity index is 1.20. The third-order valence-electron chi connectivity index (χ3n) is 11.3. The molecule has 0 aliphatic carbocycles. The standard InChI is InChI=1S/C49H31N3OSi/c50-32-33-26-27-43-40(30-33)38-20-7-9-22-41(38)51(43)34-14-13-15-35(31-34)52-42-23-10-8-21-39(42)48-44(52)28-29-47-49(48)53-45-24-11-12-25-46(45)54(47,36-16-3-1-4-17-36)37-18-5-2-6-19-37/h1-31H. The highest BCUT2D eigenvalue weighted by Crippen LogP contribution is 2.42. The van der Waals surface area contributed by atoms with Crippen LogP contribution in [0.3, 0.4) is 0 Å². The molecule has 0 N–H and O–H groups in total. The zero-order valence-electron chi connectivity index (χ0n) is 29.1. The Morgan fingerprint density at radius 2 is 1.02 bits per heavy atom. The van der Waals surface area contributed by atoms with Gasteiger partial charge < -0.3 is 13.9 Å². The van der Waals surface area contributed by atoms with E-state index in [-0.39, 0.29) is 0 Å². The molecule has 5 heteroatoms. The molecule has 54 heavy (non-hydrogen) atoms. The number of nitrogens with zero attached hydrogens (tertiary/aromatic N) is 3. The molecule has 1 aliphatic heterocycles. The summed E-state index contributed by atoms with van der Waals surface area (Å²) in [4.78, 5) is 0. The van der Waals surface area contributed by atoms with Crippen molar-refractivity contribution in [1.29, 1.82) is 5.26 Å². The van der Waals surface area contributed by atoms with Crippen molar-refractivity contribution in [1.82, 2.24) is 9.13 Å². The number of hydrogen-bond donors (Lipinski definition) is 0. The summed E-state index contributed by atoms with van der Waals surface area (Å²) in [6.07, 6.45) is 0. The van der Waals surface area contributed by atoms with Crippen LogP contribution in [0.1, 0.15) is 5.56 Å². The summed E-state index contributed by atoms with van der Waals surface area (Å²) in [5.74, 6) is 1.86. The molecular weight excluding hydrogens is 675 g/mol. The lowest BCUT2D eigenvalue weighted by molar-refractivity contribution is 0.493. The van der Waals surface area contributed by atoms with Crippen LogP contribution < -0.4 is 25.5 Å². The van der Waals surface area contributed by atoms with Gasteiger partial charge >= 0.3 is 0 Å². The molecular formula is C49H31N3OSi. The van der Waals surface area contributed by atoms with Crippen LogP contribution in [-0.4, -0.2) is 17.2 Å². The summed E-state index contributed by atoms with van der Waals surface area (Å²) >= 11 is 0. The molecule has 252 valence electrons. The highest BCUT2D eigenvalue weighted by Gasteiger charge is 2.48. The Morgan fingerprint density at radius 3 is 1.74 bits per heavy atom. The van der Waals surface area contributed by atoms with Gasteiger partial charge in [0.25, 0.3) is 0 Å². The summed E-state index contributed by atoms with van der Waals surface area (Å²) < 4.78 is 11.8. The molecule has 10 aromatic rings. The van der Waals surface area contributed by atoms with Crippen molar-refractivity contribution in [3.05, 3.63) is 194 Å². The van der Waals surface area contributed by atoms with Gasteiger partial charge in [0.15, 0.2) is 8.07 Å². The second-order valence-electron chi connectivity index (χ2n) is 14.0. The molecule has 0 spiro atoms. The number of benzene rings is 8. The van der Waals surface area contributed by atoms with Crippen LogP contribution in [0.2, 0.25) is 0 Å². The predicted octanol–water partition coefficient (Wildman–Crippen LogP) is 9.24. The molecule has 0 radical (unpaired) electrons. The van der Waals surface area contributed by atoms with E-state index >= 15 is 0 Å². The van der Waals surface area contributed by atoms with Gasteiger partial charge in [-0.3, -0.25) is 0 Å². The highest BCUT2D eigenvalue weighted by atomic mass is 28.3. The SMILES string of the molecule is N#Cc1ccc2c(c1)c1ccccc1n2-c1cccc(-n2c3ccccc3c3c4c(ccc32)[Si](c2ccccc2)(c2ccccc2)c2ccccc2O4)c1. The monoisotopic (exact) mass is 705 g/mol. The van der Waals surface area contributed by atoms with Crippen molar-refractivity contribution < 1.29 is 4.74 Å². The quantitative estimate of drug-likeness (QED) is 0.172. The average molecular weight is 706 g/mol. The smallest absolute Gasteiger partial charge is 0.188 e. The van der Waals surface area contributed by atoms with E-state index in [0.29, 0.717) is 5.56 Å². The third kappa shape index (κ3) is 4.17. The topological polar surface area (TPSA) is 42.9 Å². The van der Waals surface area contributed by atoms with Crippen molar-refractivity contribution >= 4 is 72.4 Å². The molecule has 0 saturated carbocycles. The summed E-state index contributed by atoms with van der Waals surface area (Å²) in [5.41, 5.74) is 7.15. The molecule has 0 amide bonds. The van der Waals surface area contributed by atoms with Crippen molar-refractivity contribution in [2.45, 2.75) is 0 Å². The Hall–Kier alpha value is -7.13. The minimum atomic E-state index is -2.81.